The van der Waals surface area contributed by atoms with Gasteiger partial charge in [-0.25, -0.2) is 9.59 Å². The van der Waals surface area contributed by atoms with Crippen molar-refractivity contribution in [1.29, 1.82) is 0 Å². The van der Waals surface area contributed by atoms with Gasteiger partial charge in [0.2, 0.25) is 0 Å². The summed E-state index contributed by atoms with van der Waals surface area (Å²) in [5, 5.41) is 0. The molecule has 2 saturated heterocycles. The molecule has 1 aromatic carbocycles. The van der Waals surface area contributed by atoms with E-state index in [0.717, 1.165) is 50.6 Å². The molecule has 3 unspecified atom stereocenters. The van der Waals surface area contributed by atoms with Gasteiger partial charge in [0.05, 0.1) is 6.04 Å². The Kier molecular flexibility index (Phi) is 7.96. The molecule has 0 saturated carbocycles. The fourth-order valence-corrected chi connectivity index (χ4v) is 4.95. The first-order valence-corrected chi connectivity index (χ1v) is 12.5. The Morgan fingerprint density at radius 1 is 0.848 bits per heavy atom. The van der Waals surface area contributed by atoms with Crippen LogP contribution in [0.3, 0.4) is 0 Å². The lowest BCUT2D eigenvalue weighted by molar-refractivity contribution is 0.00107. The van der Waals surface area contributed by atoms with Gasteiger partial charge in [-0.3, -0.25) is 0 Å². The first-order valence-electron chi connectivity index (χ1n) is 12.5. The number of benzene rings is 1. The van der Waals surface area contributed by atoms with Crippen molar-refractivity contribution in [3.8, 4) is 0 Å². The smallest absolute Gasteiger partial charge is 0.410 e. The molecule has 0 N–H and O–H groups in total. The minimum atomic E-state index is -0.525. The van der Waals surface area contributed by atoms with Gasteiger partial charge in [-0.2, -0.15) is 0 Å². The van der Waals surface area contributed by atoms with Crippen molar-refractivity contribution in [3.05, 3.63) is 35.9 Å². The van der Waals surface area contributed by atoms with Gasteiger partial charge in [0.25, 0.3) is 0 Å². The normalized spacial score (nSPS) is 24.0. The number of likely N-dealkylation sites (tertiary alicyclic amines) is 2. The molecule has 2 aliphatic rings. The molecule has 2 aliphatic heterocycles. The van der Waals surface area contributed by atoms with Gasteiger partial charge in [0.1, 0.15) is 11.2 Å². The summed E-state index contributed by atoms with van der Waals surface area (Å²) in [5.41, 5.74) is 0.158. The lowest BCUT2D eigenvalue weighted by atomic mass is 9.86. The van der Waals surface area contributed by atoms with Crippen LogP contribution < -0.4 is 0 Å². The number of carbonyl (C=O) groups is 2. The second kappa shape index (κ2) is 10.4. The monoisotopic (exact) mass is 458 g/mol. The molecule has 0 aromatic heterocycles. The summed E-state index contributed by atoms with van der Waals surface area (Å²) in [5.74, 6) is 0.401. The van der Waals surface area contributed by atoms with Gasteiger partial charge < -0.3 is 19.3 Å². The number of ether oxygens (including phenoxy) is 2. The lowest BCUT2D eigenvalue weighted by Crippen LogP contribution is -2.45. The fourth-order valence-electron chi connectivity index (χ4n) is 4.95. The predicted octanol–water partition coefficient (Wildman–Crippen LogP) is 6.55. The molecule has 33 heavy (non-hydrogen) atoms. The fraction of sp³-hybridized carbons (Fsp3) is 0.704. The van der Waals surface area contributed by atoms with Crippen LogP contribution in [0, 0.1) is 5.92 Å². The van der Waals surface area contributed by atoms with E-state index in [9.17, 15) is 9.59 Å². The van der Waals surface area contributed by atoms with E-state index >= 15 is 0 Å². The van der Waals surface area contributed by atoms with Crippen molar-refractivity contribution >= 4 is 12.2 Å². The van der Waals surface area contributed by atoms with E-state index in [4.69, 9.17) is 9.47 Å². The topological polar surface area (TPSA) is 59.1 Å². The minimum Gasteiger partial charge on any atom is -0.444 e. The largest absolute Gasteiger partial charge is 0.444 e. The maximum Gasteiger partial charge on any atom is 0.410 e. The molecule has 0 bridgehead atoms. The van der Waals surface area contributed by atoms with Gasteiger partial charge in [-0.1, -0.05) is 30.3 Å². The van der Waals surface area contributed by atoms with Crippen molar-refractivity contribution in [3.63, 3.8) is 0 Å². The van der Waals surface area contributed by atoms with Crippen LogP contribution in [0.25, 0.3) is 0 Å². The molecule has 0 radical (unpaired) electrons. The van der Waals surface area contributed by atoms with Crippen LogP contribution in [0.5, 0.6) is 0 Å². The minimum absolute atomic E-state index is 0.0436. The first kappa shape index (κ1) is 25.4. The number of amides is 2. The third-order valence-corrected chi connectivity index (χ3v) is 6.41. The summed E-state index contributed by atoms with van der Waals surface area (Å²) in [6, 6.07) is 10.5. The average Bonchev–Trinajstić information content (AvgIpc) is 3.19. The maximum absolute atomic E-state index is 13.1. The number of rotatable bonds is 4. The van der Waals surface area contributed by atoms with Crippen molar-refractivity contribution in [2.75, 3.05) is 13.1 Å². The van der Waals surface area contributed by atoms with Crippen LogP contribution in [-0.2, 0) is 9.47 Å². The van der Waals surface area contributed by atoms with Crippen molar-refractivity contribution in [2.45, 2.75) is 103 Å². The van der Waals surface area contributed by atoms with E-state index < -0.39 is 11.2 Å². The van der Waals surface area contributed by atoms with Gasteiger partial charge in [-0.05, 0) is 91.5 Å². The van der Waals surface area contributed by atoms with Crippen molar-refractivity contribution in [2.24, 2.45) is 5.92 Å². The molecule has 2 heterocycles. The van der Waals surface area contributed by atoms with Crippen LogP contribution in [-0.4, -0.2) is 52.3 Å². The molecule has 6 heteroatoms. The molecule has 2 fully saturated rings. The van der Waals surface area contributed by atoms with E-state index in [1.165, 1.54) is 0 Å². The third kappa shape index (κ3) is 7.38. The zero-order chi connectivity index (χ0) is 24.2. The first-order chi connectivity index (χ1) is 15.4. The van der Waals surface area contributed by atoms with Gasteiger partial charge in [0, 0.05) is 19.1 Å². The summed E-state index contributed by atoms with van der Waals surface area (Å²) < 4.78 is 11.4. The molecule has 184 valence electrons. The summed E-state index contributed by atoms with van der Waals surface area (Å²) in [6.45, 7) is 12.9. The highest BCUT2D eigenvalue weighted by molar-refractivity contribution is 5.69. The number of carbonyl (C=O) groups excluding carboxylic acids is 2. The molecule has 1 aromatic rings. The Bertz CT molecular complexity index is 797. The molecule has 6 nitrogen and oxygen atoms in total. The van der Waals surface area contributed by atoms with Crippen LogP contribution in [0.2, 0.25) is 0 Å². The standard InChI is InChI=1S/C27H42N2O4/c1-26(2,3)32-24(30)28-18-10-13-22(28)16-14-20-15-17-23(21-11-8-7-9-12-21)29(19-20)25(31)33-27(4,5)6/h7-9,11-12,20,22-23H,10,13-19H2,1-6H3. The van der Waals surface area contributed by atoms with E-state index in [1.807, 2.05) is 69.5 Å². The van der Waals surface area contributed by atoms with E-state index in [2.05, 4.69) is 12.1 Å². The summed E-state index contributed by atoms with van der Waals surface area (Å²) in [6.07, 6.45) is 5.54. The summed E-state index contributed by atoms with van der Waals surface area (Å²) in [7, 11) is 0. The quantitative estimate of drug-likeness (QED) is 0.513. The zero-order valence-electron chi connectivity index (χ0n) is 21.3. The van der Waals surface area contributed by atoms with Crippen molar-refractivity contribution < 1.29 is 19.1 Å². The second-order valence-corrected chi connectivity index (χ2v) is 11.5. The number of hydrogen-bond donors (Lipinski definition) is 0. The average molecular weight is 459 g/mol. The molecule has 2 amide bonds. The summed E-state index contributed by atoms with van der Waals surface area (Å²) in [4.78, 5) is 29.6. The van der Waals surface area contributed by atoms with E-state index in [-0.39, 0.29) is 24.3 Å². The second-order valence-electron chi connectivity index (χ2n) is 11.5. The van der Waals surface area contributed by atoms with E-state index in [0.29, 0.717) is 12.5 Å². The molecule has 3 atom stereocenters. The molecule has 0 aliphatic carbocycles. The number of piperidine rings is 1. The van der Waals surface area contributed by atoms with Gasteiger partial charge in [0.15, 0.2) is 0 Å². The van der Waals surface area contributed by atoms with Crippen LogP contribution >= 0.6 is 0 Å². The highest BCUT2D eigenvalue weighted by atomic mass is 16.6. The molecule has 0 spiro atoms. The highest BCUT2D eigenvalue weighted by Gasteiger charge is 2.37. The molecular weight excluding hydrogens is 416 g/mol. The van der Waals surface area contributed by atoms with Gasteiger partial charge >= 0.3 is 12.2 Å². The Morgan fingerprint density at radius 3 is 2.06 bits per heavy atom. The predicted molar refractivity (Wildman–Crippen MR) is 130 cm³/mol. The van der Waals surface area contributed by atoms with Gasteiger partial charge in [-0.15, -0.1) is 0 Å². The van der Waals surface area contributed by atoms with Crippen LogP contribution in [0.4, 0.5) is 9.59 Å². The Labute approximate surface area is 199 Å². The summed E-state index contributed by atoms with van der Waals surface area (Å²) >= 11 is 0. The third-order valence-electron chi connectivity index (χ3n) is 6.41. The maximum atomic E-state index is 13.1. The lowest BCUT2D eigenvalue weighted by Gasteiger charge is -2.41. The van der Waals surface area contributed by atoms with Crippen LogP contribution in [0.15, 0.2) is 30.3 Å². The number of hydrogen-bond acceptors (Lipinski definition) is 4. The Balaban J connectivity index is 1.64. The van der Waals surface area contributed by atoms with E-state index in [1.54, 1.807) is 0 Å². The van der Waals surface area contributed by atoms with Crippen LogP contribution in [0.1, 0.15) is 91.7 Å². The van der Waals surface area contributed by atoms with Crippen molar-refractivity contribution in [1.82, 2.24) is 9.80 Å². The highest BCUT2D eigenvalue weighted by Crippen LogP contribution is 2.37. The Morgan fingerprint density at radius 2 is 1.45 bits per heavy atom. The zero-order valence-corrected chi connectivity index (χ0v) is 21.3. The number of nitrogens with zero attached hydrogens (tertiary/aromatic N) is 2. The SMILES string of the molecule is CC(C)(C)OC(=O)N1CCCC1CCC1CCC(c2ccccc2)N(C(=O)OC(C)(C)C)C1. The molecule has 3 rings (SSSR count). The molecular formula is C27H42N2O4. The Hall–Kier alpha value is -2.24.